The van der Waals surface area contributed by atoms with Crippen molar-refractivity contribution < 1.29 is 0 Å². The molecule has 5 heteroatoms. The number of hydrogen-bond donors (Lipinski definition) is 1. The van der Waals surface area contributed by atoms with Crippen molar-refractivity contribution in [1.29, 1.82) is 0 Å². The average Bonchev–Trinajstić information content (AvgIpc) is 2.55. The van der Waals surface area contributed by atoms with Gasteiger partial charge in [0.1, 0.15) is 0 Å². The van der Waals surface area contributed by atoms with Crippen molar-refractivity contribution in [2.75, 3.05) is 23.3 Å². The number of anilines is 3. The third-order valence-electron chi connectivity index (χ3n) is 4.53. The summed E-state index contributed by atoms with van der Waals surface area (Å²) in [7, 11) is 0. The second kappa shape index (κ2) is 6.75. The number of benzene rings is 1. The molecule has 3 rings (SSSR count). The van der Waals surface area contributed by atoms with E-state index in [-0.39, 0.29) is 5.41 Å². The summed E-state index contributed by atoms with van der Waals surface area (Å²) in [4.78, 5) is 6.94. The van der Waals surface area contributed by atoms with Gasteiger partial charge in [-0.25, -0.2) is 0 Å². The molecule has 24 heavy (non-hydrogen) atoms. The van der Waals surface area contributed by atoms with Gasteiger partial charge in [0.2, 0.25) is 5.95 Å². The topological polar surface area (TPSA) is 53.9 Å². The lowest BCUT2D eigenvalue weighted by molar-refractivity contribution is 0.444. The Morgan fingerprint density at radius 2 is 1.92 bits per heavy atom. The highest BCUT2D eigenvalue weighted by Gasteiger charge is 2.18. The van der Waals surface area contributed by atoms with E-state index in [1.54, 1.807) is 6.20 Å². The lowest BCUT2D eigenvalue weighted by atomic mass is 9.87. The van der Waals surface area contributed by atoms with Crippen LogP contribution in [-0.4, -0.2) is 28.3 Å². The highest BCUT2D eigenvalue weighted by molar-refractivity contribution is 5.55. The molecule has 1 unspecified atom stereocenters. The molecule has 1 aliphatic rings. The zero-order valence-corrected chi connectivity index (χ0v) is 15.1. The Morgan fingerprint density at radius 3 is 2.58 bits per heavy atom. The highest BCUT2D eigenvalue weighted by atomic mass is 15.3. The minimum atomic E-state index is 0.154. The van der Waals surface area contributed by atoms with Crippen LogP contribution >= 0.6 is 0 Å². The summed E-state index contributed by atoms with van der Waals surface area (Å²) in [5.74, 6) is 2.16. The van der Waals surface area contributed by atoms with E-state index in [4.69, 9.17) is 0 Å². The number of hydrogen-bond acceptors (Lipinski definition) is 5. The summed E-state index contributed by atoms with van der Waals surface area (Å²) < 4.78 is 0. The Kier molecular flexibility index (Phi) is 4.69. The Labute approximate surface area is 144 Å². The van der Waals surface area contributed by atoms with E-state index in [9.17, 15) is 0 Å². The fourth-order valence-corrected chi connectivity index (χ4v) is 3.08. The van der Waals surface area contributed by atoms with E-state index >= 15 is 0 Å². The minimum absolute atomic E-state index is 0.154. The van der Waals surface area contributed by atoms with E-state index in [2.05, 4.69) is 77.4 Å². The first-order chi connectivity index (χ1) is 11.4. The van der Waals surface area contributed by atoms with E-state index < -0.39 is 0 Å². The summed E-state index contributed by atoms with van der Waals surface area (Å²) in [6.45, 7) is 11.0. The minimum Gasteiger partial charge on any atom is -0.355 e. The fraction of sp³-hybridized carbons (Fsp3) is 0.526. The van der Waals surface area contributed by atoms with Crippen LogP contribution < -0.4 is 10.2 Å². The van der Waals surface area contributed by atoms with Crippen molar-refractivity contribution in [2.45, 2.75) is 46.0 Å². The molecule has 1 saturated heterocycles. The van der Waals surface area contributed by atoms with Crippen LogP contribution in [0.15, 0.2) is 30.5 Å². The summed E-state index contributed by atoms with van der Waals surface area (Å²) in [6, 6.07) is 8.43. The van der Waals surface area contributed by atoms with Gasteiger partial charge in [-0.1, -0.05) is 39.8 Å². The Morgan fingerprint density at radius 1 is 1.17 bits per heavy atom. The molecule has 0 bridgehead atoms. The zero-order chi connectivity index (χ0) is 17.2. The second-order valence-corrected chi connectivity index (χ2v) is 7.78. The van der Waals surface area contributed by atoms with Crippen LogP contribution in [0.1, 0.15) is 46.1 Å². The van der Waals surface area contributed by atoms with Crippen molar-refractivity contribution in [1.82, 2.24) is 15.2 Å². The lowest BCUT2D eigenvalue weighted by Crippen LogP contribution is -2.35. The molecular formula is C19H27N5. The third kappa shape index (κ3) is 4.02. The normalized spacial score (nSPS) is 18.5. The Bertz CT molecular complexity index is 675. The first kappa shape index (κ1) is 16.7. The van der Waals surface area contributed by atoms with Gasteiger partial charge in [-0.2, -0.15) is 10.1 Å². The van der Waals surface area contributed by atoms with Crippen LogP contribution in [0, 0.1) is 5.92 Å². The molecule has 1 N–H and O–H groups in total. The number of aromatic nitrogens is 3. The fourth-order valence-electron chi connectivity index (χ4n) is 3.08. The molecule has 0 saturated carbocycles. The second-order valence-electron chi connectivity index (χ2n) is 7.78. The molecule has 1 aromatic carbocycles. The summed E-state index contributed by atoms with van der Waals surface area (Å²) in [5, 5.41) is 11.5. The van der Waals surface area contributed by atoms with Gasteiger partial charge in [0.05, 0.1) is 6.20 Å². The van der Waals surface area contributed by atoms with Crippen molar-refractivity contribution >= 4 is 17.5 Å². The summed E-state index contributed by atoms with van der Waals surface area (Å²) in [6.07, 6.45) is 4.26. The molecule has 2 heterocycles. The highest BCUT2D eigenvalue weighted by Crippen LogP contribution is 2.25. The SMILES string of the molecule is CC1CCCN(c2cnnc(Nc3ccc(C(C)(C)C)cc3)n2)C1. The number of rotatable bonds is 3. The van der Waals surface area contributed by atoms with Crippen LogP contribution in [0.4, 0.5) is 17.5 Å². The van der Waals surface area contributed by atoms with Crippen molar-refractivity contribution in [3.8, 4) is 0 Å². The van der Waals surface area contributed by atoms with Crippen molar-refractivity contribution in [3.05, 3.63) is 36.0 Å². The zero-order valence-electron chi connectivity index (χ0n) is 15.1. The molecule has 2 aromatic rings. The quantitative estimate of drug-likeness (QED) is 0.919. The molecule has 0 spiro atoms. The van der Waals surface area contributed by atoms with E-state index in [1.165, 1.54) is 18.4 Å². The smallest absolute Gasteiger partial charge is 0.249 e. The molecule has 5 nitrogen and oxygen atoms in total. The average molecular weight is 325 g/mol. The van der Waals surface area contributed by atoms with E-state index in [1.807, 2.05) is 0 Å². The molecule has 128 valence electrons. The summed E-state index contributed by atoms with van der Waals surface area (Å²) in [5.41, 5.74) is 2.44. The maximum atomic E-state index is 4.64. The Hall–Kier alpha value is -2.17. The van der Waals surface area contributed by atoms with Crippen LogP contribution in [0.2, 0.25) is 0 Å². The van der Waals surface area contributed by atoms with Gasteiger partial charge in [-0.3, -0.25) is 0 Å². The van der Waals surface area contributed by atoms with Crippen LogP contribution in [-0.2, 0) is 5.41 Å². The van der Waals surface area contributed by atoms with E-state index in [0.717, 1.165) is 24.6 Å². The standard InChI is InChI=1S/C19H27N5/c1-14-6-5-11-24(13-14)17-12-20-23-18(22-17)21-16-9-7-15(8-10-16)19(2,3)4/h7-10,12,14H,5-6,11,13H2,1-4H3,(H,21,22,23). The van der Waals surface area contributed by atoms with Gasteiger partial charge >= 0.3 is 0 Å². The van der Waals surface area contributed by atoms with Gasteiger partial charge in [0.25, 0.3) is 0 Å². The van der Waals surface area contributed by atoms with E-state index in [0.29, 0.717) is 11.9 Å². The molecule has 1 aromatic heterocycles. The van der Waals surface area contributed by atoms with Crippen molar-refractivity contribution in [2.24, 2.45) is 5.92 Å². The van der Waals surface area contributed by atoms with Gasteiger partial charge in [-0.05, 0) is 41.9 Å². The first-order valence-corrected chi connectivity index (χ1v) is 8.74. The van der Waals surface area contributed by atoms with Gasteiger partial charge in [0.15, 0.2) is 5.82 Å². The largest absolute Gasteiger partial charge is 0.355 e. The predicted octanol–water partition coefficient (Wildman–Crippen LogP) is 4.15. The molecule has 1 fully saturated rings. The molecule has 0 aliphatic carbocycles. The van der Waals surface area contributed by atoms with Gasteiger partial charge in [-0.15, -0.1) is 5.10 Å². The monoisotopic (exact) mass is 325 g/mol. The molecule has 1 aliphatic heterocycles. The lowest BCUT2D eigenvalue weighted by Gasteiger charge is -2.31. The predicted molar refractivity (Wildman–Crippen MR) is 98.9 cm³/mol. The molecule has 0 amide bonds. The van der Waals surface area contributed by atoms with Crippen LogP contribution in [0.5, 0.6) is 0 Å². The van der Waals surface area contributed by atoms with Crippen molar-refractivity contribution in [3.63, 3.8) is 0 Å². The van der Waals surface area contributed by atoms with Crippen LogP contribution in [0.25, 0.3) is 0 Å². The number of nitrogens with zero attached hydrogens (tertiary/aromatic N) is 4. The number of nitrogens with one attached hydrogen (secondary N) is 1. The first-order valence-electron chi connectivity index (χ1n) is 8.74. The third-order valence-corrected chi connectivity index (χ3v) is 4.53. The van der Waals surface area contributed by atoms with Gasteiger partial charge < -0.3 is 10.2 Å². The number of piperidine rings is 1. The van der Waals surface area contributed by atoms with Gasteiger partial charge in [0, 0.05) is 18.8 Å². The Balaban J connectivity index is 1.72. The maximum absolute atomic E-state index is 4.64. The molecular weight excluding hydrogens is 298 g/mol. The molecule has 0 radical (unpaired) electrons. The van der Waals surface area contributed by atoms with Crippen LogP contribution in [0.3, 0.4) is 0 Å². The molecule has 1 atom stereocenters. The summed E-state index contributed by atoms with van der Waals surface area (Å²) >= 11 is 0. The maximum Gasteiger partial charge on any atom is 0.249 e.